The zero-order valence-electron chi connectivity index (χ0n) is 12.0. The van der Waals surface area contributed by atoms with Crippen LogP contribution in [-0.2, 0) is 6.42 Å². The molecule has 0 bridgehead atoms. The third-order valence-electron chi connectivity index (χ3n) is 3.64. The third kappa shape index (κ3) is 3.17. The van der Waals surface area contributed by atoms with Gasteiger partial charge in [-0.25, -0.2) is 0 Å². The molecule has 1 nitrogen and oxygen atoms in total. The van der Waals surface area contributed by atoms with Gasteiger partial charge in [0.2, 0.25) is 0 Å². The van der Waals surface area contributed by atoms with Crippen LogP contribution in [0.3, 0.4) is 0 Å². The van der Waals surface area contributed by atoms with Gasteiger partial charge in [-0.2, -0.15) is 0 Å². The molecule has 2 rings (SSSR count). The van der Waals surface area contributed by atoms with Crippen molar-refractivity contribution in [3.63, 3.8) is 0 Å². The Kier molecular flexibility index (Phi) is 4.62. The van der Waals surface area contributed by atoms with Crippen LogP contribution in [0.5, 0.6) is 11.5 Å². The molecule has 0 saturated heterocycles. The Hall–Kier alpha value is -1.76. The van der Waals surface area contributed by atoms with E-state index in [1.165, 1.54) is 11.1 Å². The molecule has 0 N–H and O–H groups in total. The van der Waals surface area contributed by atoms with Crippen LogP contribution in [0.25, 0.3) is 0 Å². The van der Waals surface area contributed by atoms with Gasteiger partial charge in [-0.05, 0) is 48.1 Å². The smallest absolute Gasteiger partial charge is 0.130 e. The van der Waals surface area contributed by atoms with Crippen LogP contribution in [0, 0.1) is 0 Å². The molecular weight excluding hydrogens is 232 g/mol. The van der Waals surface area contributed by atoms with E-state index in [0.29, 0.717) is 5.92 Å². The Morgan fingerprint density at radius 3 is 2.32 bits per heavy atom. The molecule has 0 spiro atoms. The summed E-state index contributed by atoms with van der Waals surface area (Å²) in [5, 5.41) is 0. The maximum Gasteiger partial charge on any atom is 0.130 e. The Balaban J connectivity index is 2.35. The van der Waals surface area contributed by atoms with Gasteiger partial charge in [0.15, 0.2) is 0 Å². The van der Waals surface area contributed by atoms with Gasteiger partial charge in [0.25, 0.3) is 0 Å². The summed E-state index contributed by atoms with van der Waals surface area (Å²) in [6, 6.07) is 16.4. The molecule has 0 saturated carbocycles. The monoisotopic (exact) mass is 254 g/mol. The van der Waals surface area contributed by atoms with Crippen molar-refractivity contribution in [1.29, 1.82) is 0 Å². The van der Waals surface area contributed by atoms with E-state index in [4.69, 9.17) is 4.74 Å². The SMILES string of the molecule is CCc1c(Oc2ccccc2)cccc1C(C)CC. The average molecular weight is 254 g/mol. The summed E-state index contributed by atoms with van der Waals surface area (Å²) in [7, 11) is 0. The largest absolute Gasteiger partial charge is 0.457 e. The number of hydrogen-bond acceptors (Lipinski definition) is 1. The predicted octanol–water partition coefficient (Wildman–Crippen LogP) is 5.55. The second-order valence-corrected chi connectivity index (χ2v) is 4.90. The summed E-state index contributed by atoms with van der Waals surface area (Å²) in [6.45, 7) is 6.70. The molecule has 0 aliphatic carbocycles. The summed E-state index contributed by atoms with van der Waals surface area (Å²) in [6.07, 6.45) is 2.16. The fourth-order valence-electron chi connectivity index (χ4n) is 2.35. The minimum Gasteiger partial charge on any atom is -0.457 e. The normalized spacial score (nSPS) is 12.2. The van der Waals surface area contributed by atoms with E-state index >= 15 is 0 Å². The lowest BCUT2D eigenvalue weighted by molar-refractivity contribution is 0.474. The molecule has 100 valence electrons. The van der Waals surface area contributed by atoms with E-state index in [0.717, 1.165) is 24.3 Å². The molecule has 2 aromatic carbocycles. The number of ether oxygens (including phenoxy) is 1. The highest BCUT2D eigenvalue weighted by atomic mass is 16.5. The van der Waals surface area contributed by atoms with Crippen molar-refractivity contribution >= 4 is 0 Å². The molecule has 1 unspecified atom stereocenters. The summed E-state index contributed by atoms with van der Waals surface area (Å²) in [4.78, 5) is 0. The van der Waals surface area contributed by atoms with E-state index in [9.17, 15) is 0 Å². The standard InChI is InChI=1S/C18H22O/c1-4-14(3)17-12-9-13-18(16(17)5-2)19-15-10-7-6-8-11-15/h6-14H,4-5H2,1-3H3. The number of para-hydroxylation sites is 1. The van der Waals surface area contributed by atoms with E-state index < -0.39 is 0 Å². The van der Waals surface area contributed by atoms with Crippen molar-refractivity contribution in [2.45, 2.75) is 39.5 Å². The van der Waals surface area contributed by atoms with Crippen LogP contribution in [0.15, 0.2) is 48.5 Å². The number of benzene rings is 2. The molecular formula is C18H22O. The highest BCUT2D eigenvalue weighted by Crippen LogP contribution is 2.32. The topological polar surface area (TPSA) is 9.23 Å². The number of hydrogen-bond donors (Lipinski definition) is 0. The first-order valence-corrected chi connectivity index (χ1v) is 7.10. The van der Waals surface area contributed by atoms with Crippen LogP contribution in [0.2, 0.25) is 0 Å². The Morgan fingerprint density at radius 2 is 1.68 bits per heavy atom. The number of rotatable bonds is 5. The minimum absolute atomic E-state index is 0.578. The lowest BCUT2D eigenvalue weighted by atomic mass is 9.92. The van der Waals surface area contributed by atoms with Crippen molar-refractivity contribution < 1.29 is 4.74 Å². The van der Waals surface area contributed by atoms with Gasteiger partial charge < -0.3 is 4.74 Å². The second-order valence-electron chi connectivity index (χ2n) is 4.90. The van der Waals surface area contributed by atoms with Crippen molar-refractivity contribution in [3.8, 4) is 11.5 Å². The quantitative estimate of drug-likeness (QED) is 0.679. The molecule has 0 amide bonds. The Bertz CT molecular complexity index is 516. The van der Waals surface area contributed by atoms with Crippen molar-refractivity contribution in [1.82, 2.24) is 0 Å². The molecule has 0 aromatic heterocycles. The maximum absolute atomic E-state index is 6.04. The van der Waals surface area contributed by atoms with E-state index in [1.54, 1.807) is 0 Å². The summed E-state index contributed by atoms with van der Waals surface area (Å²) >= 11 is 0. The lowest BCUT2D eigenvalue weighted by Crippen LogP contribution is -2.00. The first-order valence-electron chi connectivity index (χ1n) is 7.10. The molecule has 19 heavy (non-hydrogen) atoms. The van der Waals surface area contributed by atoms with E-state index in [1.807, 2.05) is 30.3 Å². The minimum atomic E-state index is 0.578. The molecule has 2 aromatic rings. The van der Waals surface area contributed by atoms with Crippen LogP contribution in [-0.4, -0.2) is 0 Å². The summed E-state index contributed by atoms with van der Waals surface area (Å²) < 4.78 is 6.04. The second kappa shape index (κ2) is 6.42. The molecule has 0 heterocycles. The molecule has 0 aliphatic heterocycles. The molecule has 1 atom stereocenters. The zero-order valence-corrected chi connectivity index (χ0v) is 12.0. The van der Waals surface area contributed by atoms with E-state index in [2.05, 4.69) is 39.0 Å². The fourth-order valence-corrected chi connectivity index (χ4v) is 2.35. The lowest BCUT2D eigenvalue weighted by Gasteiger charge is -2.18. The van der Waals surface area contributed by atoms with Gasteiger partial charge in [-0.15, -0.1) is 0 Å². The van der Waals surface area contributed by atoms with Gasteiger partial charge in [0.1, 0.15) is 11.5 Å². The van der Waals surface area contributed by atoms with Crippen LogP contribution < -0.4 is 4.74 Å². The highest BCUT2D eigenvalue weighted by molar-refractivity contribution is 5.44. The third-order valence-corrected chi connectivity index (χ3v) is 3.64. The summed E-state index contributed by atoms with van der Waals surface area (Å²) in [5.74, 6) is 2.47. The van der Waals surface area contributed by atoms with Crippen LogP contribution in [0.4, 0.5) is 0 Å². The Labute approximate surface area is 116 Å². The average Bonchev–Trinajstić information content (AvgIpc) is 2.47. The van der Waals surface area contributed by atoms with Crippen LogP contribution >= 0.6 is 0 Å². The molecule has 0 aliphatic rings. The fraction of sp³-hybridized carbons (Fsp3) is 0.333. The van der Waals surface area contributed by atoms with Crippen molar-refractivity contribution in [2.24, 2.45) is 0 Å². The van der Waals surface area contributed by atoms with Crippen molar-refractivity contribution in [3.05, 3.63) is 59.7 Å². The Morgan fingerprint density at radius 1 is 0.947 bits per heavy atom. The first-order chi connectivity index (χ1) is 9.26. The van der Waals surface area contributed by atoms with Crippen LogP contribution in [0.1, 0.15) is 44.2 Å². The highest BCUT2D eigenvalue weighted by Gasteiger charge is 2.12. The van der Waals surface area contributed by atoms with E-state index in [-0.39, 0.29) is 0 Å². The van der Waals surface area contributed by atoms with Gasteiger partial charge >= 0.3 is 0 Å². The van der Waals surface area contributed by atoms with Gasteiger partial charge in [-0.1, -0.05) is 51.1 Å². The molecule has 0 radical (unpaired) electrons. The predicted molar refractivity (Wildman–Crippen MR) is 81.0 cm³/mol. The molecule has 1 heteroatoms. The van der Waals surface area contributed by atoms with Gasteiger partial charge in [0.05, 0.1) is 0 Å². The molecule has 0 fully saturated rings. The first kappa shape index (κ1) is 13.7. The van der Waals surface area contributed by atoms with Gasteiger partial charge in [-0.3, -0.25) is 0 Å². The van der Waals surface area contributed by atoms with Gasteiger partial charge in [0, 0.05) is 0 Å². The maximum atomic E-state index is 6.04. The zero-order chi connectivity index (χ0) is 13.7. The van der Waals surface area contributed by atoms with Crippen molar-refractivity contribution in [2.75, 3.05) is 0 Å². The summed E-state index contributed by atoms with van der Waals surface area (Å²) in [5.41, 5.74) is 2.75.